The van der Waals surface area contributed by atoms with Crippen LogP contribution in [0.5, 0.6) is 5.75 Å². The van der Waals surface area contributed by atoms with E-state index in [2.05, 4.69) is 20.6 Å². The van der Waals surface area contributed by atoms with Crippen LogP contribution in [0.25, 0.3) is 0 Å². The van der Waals surface area contributed by atoms with Crippen LogP contribution in [-0.4, -0.2) is 71.3 Å². The topological polar surface area (TPSA) is 143 Å². The number of hydrogen-bond acceptors (Lipinski definition) is 8. The number of methoxy groups -OCH3 is 1. The summed E-state index contributed by atoms with van der Waals surface area (Å²) in [5.41, 5.74) is -0.00116. The molecule has 166 valence electrons. The summed E-state index contributed by atoms with van der Waals surface area (Å²) >= 11 is 5.60. The van der Waals surface area contributed by atoms with E-state index in [0.717, 1.165) is 6.07 Å². The van der Waals surface area contributed by atoms with Gasteiger partial charge in [-0.2, -0.15) is 0 Å². The largest absolute Gasteiger partial charge is 0.493 e. The summed E-state index contributed by atoms with van der Waals surface area (Å²) in [5, 5.41) is 24.0. The van der Waals surface area contributed by atoms with Crippen LogP contribution >= 0.6 is 11.6 Å². The highest BCUT2D eigenvalue weighted by Gasteiger charge is 2.29. The number of amides is 2. The number of nitrogens with zero attached hydrogens (tertiary/aromatic N) is 2. The zero-order valence-corrected chi connectivity index (χ0v) is 17.3. The molecule has 1 aromatic carbocycles. The van der Waals surface area contributed by atoms with Gasteiger partial charge in [0.2, 0.25) is 5.91 Å². The molecule has 10 nitrogen and oxygen atoms in total. The van der Waals surface area contributed by atoms with Gasteiger partial charge >= 0.3 is 7.12 Å². The van der Waals surface area contributed by atoms with E-state index in [4.69, 9.17) is 21.1 Å². The number of hydrogen-bond donors (Lipinski definition) is 4. The van der Waals surface area contributed by atoms with Crippen molar-refractivity contribution in [2.24, 2.45) is 0 Å². The van der Waals surface area contributed by atoms with Gasteiger partial charge < -0.3 is 30.2 Å². The Morgan fingerprint density at radius 3 is 2.68 bits per heavy atom. The van der Waals surface area contributed by atoms with Crippen LogP contribution in [0, 0.1) is 5.82 Å². The smallest absolute Gasteiger partial charge is 0.475 e. The molecule has 0 radical (unpaired) electrons. The zero-order chi connectivity index (χ0) is 22.8. The zero-order valence-electron chi connectivity index (χ0n) is 16.5. The number of nitrogens with one attached hydrogen (secondary N) is 2. The van der Waals surface area contributed by atoms with Gasteiger partial charge in [-0.1, -0.05) is 11.6 Å². The molecule has 31 heavy (non-hydrogen) atoms. The molecule has 0 saturated carbocycles. The van der Waals surface area contributed by atoms with E-state index in [1.807, 2.05) is 0 Å². The van der Waals surface area contributed by atoms with Crippen molar-refractivity contribution in [3.8, 4) is 5.75 Å². The summed E-state index contributed by atoms with van der Waals surface area (Å²) < 4.78 is 23.8. The molecule has 0 aliphatic carbocycles. The summed E-state index contributed by atoms with van der Waals surface area (Å²) in [6.07, 6.45) is 3.93. The second kappa shape index (κ2) is 12.2. The summed E-state index contributed by atoms with van der Waals surface area (Å²) in [6, 6.07) is 2.72. The highest BCUT2D eigenvalue weighted by Crippen LogP contribution is 2.20. The van der Waals surface area contributed by atoms with Crippen LogP contribution in [0.4, 0.5) is 4.39 Å². The Labute approximate surface area is 182 Å². The molecule has 0 aliphatic heterocycles. The Bertz CT molecular complexity index is 879. The minimum Gasteiger partial charge on any atom is -0.493 e. The Hall–Kier alpha value is -2.80. The number of ether oxygens (including phenoxy) is 2. The van der Waals surface area contributed by atoms with Crippen molar-refractivity contribution in [3.05, 3.63) is 53.3 Å². The van der Waals surface area contributed by atoms with Crippen molar-refractivity contribution in [1.29, 1.82) is 0 Å². The maximum atomic E-state index is 13.4. The van der Waals surface area contributed by atoms with Gasteiger partial charge in [0.25, 0.3) is 5.91 Å². The third kappa shape index (κ3) is 7.76. The summed E-state index contributed by atoms with van der Waals surface area (Å²) in [6.45, 7) is -0.239. The lowest BCUT2D eigenvalue weighted by Crippen LogP contribution is -2.55. The van der Waals surface area contributed by atoms with Crippen LogP contribution in [0.15, 0.2) is 36.8 Å². The van der Waals surface area contributed by atoms with Gasteiger partial charge in [0, 0.05) is 32.0 Å². The van der Waals surface area contributed by atoms with Crippen molar-refractivity contribution >= 4 is 30.5 Å². The lowest BCUT2D eigenvalue weighted by molar-refractivity contribution is -0.124. The Balaban J connectivity index is 1.94. The molecule has 13 heteroatoms. The first kappa shape index (κ1) is 24.5. The van der Waals surface area contributed by atoms with E-state index in [0.29, 0.717) is 0 Å². The highest BCUT2D eigenvalue weighted by molar-refractivity contribution is 6.43. The molecule has 1 aromatic heterocycles. The maximum absolute atomic E-state index is 13.4. The average Bonchev–Trinajstić information content (AvgIpc) is 2.75. The van der Waals surface area contributed by atoms with Gasteiger partial charge in [-0.3, -0.25) is 14.6 Å². The highest BCUT2D eigenvalue weighted by atomic mass is 35.5. The number of halogens is 2. The first-order valence-corrected chi connectivity index (χ1v) is 9.49. The Morgan fingerprint density at radius 2 is 2.06 bits per heavy atom. The quantitative estimate of drug-likeness (QED) is 0.347. The third-order valence-electron chi connectivity index (χ3n) is 4.03. The Morgan fingerprint density at radius 1 is 1.29 bits per heavy atom. The summed E-state index contributed by atoms with van der Waals surface area (Å²) in [4.78, 5) is 32.4. The standard InChI is InChI=1S/C18H21BClFN4O6/c1-30-10-15(24-17(26)14-9-22-5-6-23-14)18(27)25-16(19(28)29)4-7-31-11-2-3-12(20)13(21)8-11/h2-3,5-6,8-9,15-16,28-29H,4,7,10H2,1H3,(H,24,26)(H,25,27)/t15-,16-/m1/s1. The fourth-order valence-corrected chi connectivity index (χ4v) is 2.57. The van der Waals surface area contributed by atoms with Gasteiger partial charge in [-0.05, 0) is 12.1 Å². The van der Waals surface area contributed by atoms with Crippen LogP contribution in [0.1, 0.15) is 16.9 Å². The molecule has 2 rings (SSSR count). The third-order valence-corrected chi connectivity index (χ3v) is 4.33. The monoisotopic (exact) mass is 454 g/mol. The van der Waals surface area contributed by atoms with Crippen molar-refractivity contribution in [2.45, 2.75) is 18.4 Å². The molecule has 0 fully saturated rings. The molecule has 0 spiro atoms. The number of aromatic nitrogens is 2. The van der Waals surface area contributed by atoms with Crippen molar-refractivity contribution in [1.82, 2.24) is 20.6 Å². The van der Waals surface area contributed by atoms with E-state index in [9.17, 15) is 24.0 Å². The lowest BCUT2D eigenvalue weighted by Gasteiger charge is -2.22. The van der Waals surface area contributed by atoms with E-state index >= 15 is 0 Å². The molecule has 1 heterocycles. The Kier molecular flexibility index (Phi) is 9.60. The van der Waals surface area contributed by atoms with Gasteiger partial charge in [0.1, 0.15) is 23.3 Å². The second-order valence-electron chi connectivity index (χ2n) is 6.31. The van der Waals surface area contributed by atoms with Gasteiger partial charge in [0.05, 0.1) is 30.4 Å². The van der Waals surface area contributed by atoms with E-state index in [1.165, 1.54) is 37.8 Å². The number of benzene rings is 1. The van der Waals surface area contributed by atoms with Crippen LogP contribution in [-0.2, 0) is 9.53 Å². The normalized spacial score (nSPS) is 12.5. The van der Waals surface area contributed by atoms with Gasteiger partial charge in [-0.25, -0.2) is 9.37 Å². The molecular weight excluding hydrogens is 433 g/mol. The minimum absolute atomic E-state index is 0.00116. The molecular formula is C18H21BClFN4O6. The lowest BCUT2D eigenvalue weighted by atomic mass is 9.77. The van der Waals surface area contributed by atoms with Crippen molar-refractivity contribution < 1.29 is 33.5 Å². The average molecular weight is 455 g/mol. The van der Waals surface area contributed by atoms with Gasteiger partial charge in [-0.15, -0.1) is 0 Å². The van der Waals surface area contributed by atoms with Crippen LogP contribution in [0.2, 0.25) is 5.02 Å². The SMILES string of the molecule is COC[C@@H](NC(=O)c1cnccn1)C(=O)N[C@H](CCOc1ccc(Cl)c(F)c1)B(O)O. The van der Waals surface area contributed by atoms with E-state index in [-0.39, 0.29) is 36.1 Å². The van der Waals surface area contributed by atoms with Crippen molar-refractivity contribution in [3.63, 3.8) is 0 Å². The molecule has 0 bridgehead atoms. The second-order valence-corrected chi connectivity index (χ2v) is 6.72. The number of carbonyl (C=O) groups excluding carboxylic acids is 2. The molecule has 0 unspecified atom stereocenters. The first-order chi connectivity index (χ1) is 14.8. The number of rotatable bonds is 11. The summed E-state index contributed by atoms with van der Waals surface area (Å²) in [7, 11) is -0.569. The molecule has 0 saturated heterocycles. The maximum Gasteiger partial charge on any atom is 0.475 e. The fourth-order valence-electron chi connectivity index (χ4n) is 2.45. The summed E-state index contributed by atoms with van der Waals surface area (Å²) in [5.74, 6) is -2.97. The van der Waals surface area contributed by atoms with Gasteiger partial charge in [0.15, 0.2) is 0 Å². The van der Waals surface area contributed by atoms with E-state index < -0.39 is 36.7 Å². The molecule has 0 aliphatic rings. The molecule has 4 N–H and O–H groups in total. The predicted octanol–water partition coefficient (Wildman–Crippen LogP) is -0.0202. The van der Waals surface area contributed by atoms with Crippen LogP contribution in [0.3, 0.4) is 0 Å². The first-order valence-electron chi connectivity index (χ1n) is 9.12. The van der Waals surface area contributed by atoms with Crippen LogP contribution < -0.4 is 15.4 Å². The predicted molar refractivity (Wildman–Crippen MR) is 109 cm³/mol. The van der Waals surface area contributed by atoms with E-state index in [1.54, 1.807) is 0 Å². The molecule has 2 aromatic rings. The molecule has 2 amide bonds. The number of carbonyl (C=O) groups is 2. The molecule has 2 atom stereocenters. The fraction of sp³-hybridized carbons (Fsp3) is 0.333. The van der Waals surface area contributed by atoms with Crippen molar-refractivity contribution in [2.75, 3.05) is 20.3 Å². The minimum atomic E-state index is -1.91.